The van der Waals surface area contributed by atoms with E-state index in [1.807, 2.05) is 0 Å². The van der Waals surface area contributed by atoms with Gasteiger partial charge in [0.15, 0.2) is 6.10 Å². The van der Waals surface area contributed by atoms with Crippen molar-refractivity contribution in [2.24, 2.45) is 0 Å². The number of hydrogen-bond donors (Lipinski definition) is 1. The molecule has 62 valence electrons. The second-order valence-electron chi connectivity index (χ2n) is 2.30. The number of hydrogen-bond acceptors (Lipinski definition) is 1. The Hall–Kier alpha value is -1.36. The van der Waals surface area contributed by atoms with Gasteiger partial charge in [-0.1, -0.05) is 17.8 Å². The summed E-state index contributed by atoms with van der Waals surface area (Å²) >= 11 is 0. The van der Waals surface area contributed by atoms with E-state index in [9.17, 15) is 0 Å². The standard InChI is InChI=1S/C11H12O/c1-3-5-6-7-8-9-10-11(12)4-2/h1-2,11-12H,5-8H2. The molecule has 0 bridgehead atoms. The molecule has 0 fully saturated rings. The molecule has 0 aromatic rings. The molecule has 0 spiro atoms. The highest BCUT2D eigenvalue weighted by molar-refractivity contribution is 5.15. The summed E-state index contributed by atoms with van der Waals surface area (Å²) in [5, 5.41) is 8.82. The van der Waals surface area contributed by atoms with E-state index in [0.717, 1.165) is 25.7 Å². The smallest absolute Gasteiger partial charge is 0.176 e. The summed E-state index contributed by atoms with van der Waals surface area (Å²) in [4.78, 5) is 0. The molecule has 0 heterocycles. The van der Waals surface area contributed by atoms with Gasteiger partial charge in [-0.2, -0.15) is 0 Å². The van der Waals surface area contributed by atoms with Gasteiger partial charge in [-0.3, -0.25) is 0 Å². The van der Waals surface area contributed by atoms with Crippen molar-refractivity contribution in [1.29, 1.82) is 0 Å². The maximum absolute atomic E-state index is 8.82. The summed E-state index contributed by atoms with van der Waals surface area (Å²) in [5.41, 5.74) is 0. The van der Waals surface area contributed by atoms with Gasteiger partial charge in [-0.05, 0) is 12.8 Å². The molecular formula is C11H12O. The second kappa shape index (κ2) is 7.74. The largest absolute Gasteiger partial charge is 0.369 e. The Labute approximate surface area is 74.2 Å². The van der Waals surface area contributed by atoms with Crippen LogP contribution in [0.4, 0.5) is 0 Å². The fourth-order valence-electron chi connectivity index (χ4n) is 0.651. The zero-order valence-electron chi connectivity index (χ0n) is 7.01. The molecule has 0 radical (unpaired) electrons. The van der Waals surface area contributed by atoms with Crippen molar-refractivity contribution < 1.29 is 5.11 Å². The summed E-state index contributed by atoms with van der Waals surface area (Å²) in [6.07, 6.45) is 12.5. The minimum atomic E-state index is -0.919. The zero-order chi connectivity index (χ0) is 9.23. The van der Waals surface area contributed by atoms with E-state index in [-0.39, 0.29) is 0 Å². The van der Waals surface area contributed by atoms with Gasteiger partial charge in [0.25, 0.3) is 0 Å². The Morgan fingerprint density at radius 2 is 1.83 bits per heavy atom. The molecule has 0 aliphatic carbocycles. The maximum atomic E-state index is 8.82. The maximum Gasteiger partial charge on any atom is 0.176 e. The van der Waals surface area contributed by atoms with Crippen molar-refractivity contribution in [2.75, 3.05) is 0 Å². The van der Waals surface area contributed by atoms with Crippen molar-refractivity contribution in [3.8, 4) is 36.5 Å². The molecule has 0 amide bonds. The van der Waals surface area contributed by atoms with Crippen molar-refractivity contribution >= 4 is 0 Å². The minimum Gasteiger partial charge on any atom is -0.369 e. The van der Waals surface area contributed by atoms with E-state index in [1.165, 1.54) is 0 Å². The van der Waals surface area contributed by atoms with E-state index in [0.29, 0.717) is 0 Å². The van der Waals surface area contributed by atoms with Gasteiger partial charge in [0.2, 0.25) is 0 Å². The van der Waals surface area contributed by atoms with Crippen LogP contribution in [0, 0.1) is 36.5 Å². The van der Waals surface area contributed by atoms with E-state index < -0.39 is 6.10 Å². The van der Waals surface area contributed by atoms with Gasteiger partial charge >= 0.3 is 0 Å². The second-order valence-corrected chi connectivity index (χ2v) is 2.30. The first kappa shape index (κ1) is 10.6. The van der Waals surface area contributed by atoms with Gasteiger partial charge in [0.05, 0.1) is 0 Å². The summed E-state index contributed by atoms with van der Waals surface area (Å²) in [6, 6.07) is 0. The zero-order valence-corrected chi connectivity index (χ0v) is 7.01. The van der Waals surface area contributed by atoms with Crippen molar-refractivity contribution in [3.05, 3.63) is 0 Å². The molecule has 0 saturated carbocycles. The lowest BCUT2D eigenvalue weighted by molar-refractivity contribution is 0.289. The van der Waals surface area contributed by atoms with Crippen molar-refractivity contribution in [3.63, 3.8) is 0 Å². The van der Waals surface area contributed by atoms with Crippen LogP contribution in [-0.2, 0) is 0 Å². The van der Waals surface area contributed by atoms with Crippen LogP contribution in [0.1, 0.15) is 25.7 Å². The first-order valence-corrected chi connectivity index (χ1v) is 3.87. The molecule has 1 heteroatoms. The summed E-state index contributed by atoms with van der Waals surface area (Å²) in [5.74, 6) is 9.98. The van der Waals surface area contributed by atoms with Crippen LogP contribution in [0.25, 0.3) is 0 Å². The lowest BCUT2D eigenvalue weighted by Crippen LogP contribution is -1.96. The first-order chi connectivity index (χ1) is 5.81. The molecule has 12 heavy (non-hydrogen) atoms. The highest BCUT2D eigenvalue weighted by atomic mass is 16.3. The van der Waals surface area contributed by atoms with Crippen molar-refractivity contribution in [1.82, 2.24) is 0 Å². The quantitative estimate of drug-likeness (QED) is 0.485. The van der Waals surface area contributed by atoms with Gasteiger partial charge in [-0.25, -0.2) is 0 Å². The normalized spacial score (nSPS) is 10.2. The molecule has 0 aromatic carbocycles. The van der Waals surface area contributed by atoms with E-state index >= 15 is 0 Å². The summed E-state index contributed by atoms with van der Waals surface area (Å²) in [6.45, 7) is 0. The van der Waals surface area contributed by atoms with Crippen LogP contribution in [-0.4, -0.2) is 11.2 Å². The highest BCUT2D eigenvalue weighted by Gasteiger charge is 1.87. The predicted octanol–water partition coefficient (Wildman–Crippen LogP) is 1.18. The van der Waals surface area contributed by atoms with E-state index in [2.05, 4.69) is 23.7 Å². The molecule has 1 unspecified atom stereocenters. The topological polar surface area (TPSA) is 20.2 Å². The SMILES string of the molecule is C#CCCCCC#CC(O)C#C. The average molecular weight is 160 g/mol. The number of rotatable bonds is 3. The van der Waals surface area contributed by atoms with Crippen LogP contribution >= 0.6 is 0 Å². The number of aliphatic hydroxyl groups excluding tert-OH is 1. The Morgan fingerprint density at radius 1 is 1.17 bits per heavy atom. The summed E-state index contributed by atoms with van der Waals surface area (Å²) < 4.78 is 0. The molecule has 0 aromatic heterocycles. The molecule has 1 nitrogen and oxygen atoms in total. The first-order valence-electron chi connectivity index (χ1n) is 3.87. The van der Waals surface area contributed by atoms with Gasteiger partial charge < -0.3 is 5.11 Å². The fourth-order valence-corrected chi connectivity index (χ4v) is 0.651. The Morgan fingerprint density at radius 3 is 2.42 bits per heavy atom. The monoisotopic (exact) mass is 160 g/mol. The number of unbranched alkanes of at least 4 members (excludes halogenated alkanes) is 3. The van der Waals surface area contributed by atoms with Crippen LogP contribution in [0.15, 0.2) is 0 Å². The fraction of sp³-hybridized carbons (Fsp3) is 0.455. The molecule has 0 aliphatic heterocycles. The summed E-state index contributed by atoms with van der Waals surface area (Å²) in [7, 11) is 0. The molecule has 0 aliphatic rings. The number of aliphatic hydroxyl groups is 1. The molecular weight excluding hydrogens is 148 g/mol. The molecule has 0 rings (SSSR count). The van der Waals surface area contributed by atoms with Gasteiger partial charge in [-0.15, -0.1) is 18.8 Å². The third-order valence-electron chi connectivity index (χ3n) is 1.27. The van der Waals surface area contributed by atoms with Crippen LogP contribution in [0.5, 0.6) is 0 Å². The number of terminal acetylenes is 2. The average Bonchev–Trinajstić information content (AvgIpc) is 2.10. The molecule has 0 saturated heterocycles. The Kier molecular flexibility index (Phi) is 6.87. The third kappa shape index (κ3) is 6.76. The molecule has 1 atom stereocenters. The van der Waals surface area contributed by atoms with Crippen molar-refractivity contribution in [2.45, 2.75) is 31.8 Å². The Bertz CT molecular complexity index is 241. The minimum absolute atomic E-state index is 0.750. The van der Waals surface area contributed by atoms with Crippen LogP contribution in [0.2, 0.25) is 0 Å². The predicted molar refractivity (Wildman–Crippen MR) is 49.9 cm³/mol. The Balaban J connectivity index is 3.36. The highest BCUT2D eigenvalue weighted by Crippen LogP contribution is 1.96. The molecule has 1 N–H and O–H groups in total. The van der Waals surface area contributed by atoms with E-state index in [1.54, 1.807) is 0 Å². The van der Waals surface area contributed by atoms with Crippen LogP contribution < -0.4 is 0 Å². The van der Waals surface area contributed by atoms with Gasteiger partial charge in [0, 0.05) is 12.8 Å². The van der Waals surface area contributed by atoms with Gasteiger partial charge in [0.1, 0.15) is 0 Å². The van der Waals surface area contributed by atoms with E-state index in [4.69, 9.17) is 18.0 Å². The lowest BCUT2D eigenvalue weighted by Gasteiger charge is -1.89. The van der Waals surface area contributed by atoms with Crippen LogP contribution in [0.3, 0.4) is 0 Å². The third-order valence-corrected chi connectivity index (χ3v) is 1.27. The lowest BCUT2D eigenvalue weighted by atomic mass is 10.2.